The Morgan fingerprint density at radius 2 is 1.85 bits per heavy atom. The Balaban J connectivity index is 1.68. The summed E-state index contributed by atoms with van der Waals surface area (Å²) < 4.78 is 45.5. The molecule has 0 radical (unpaired) electrons. The van der Waals surface area contributed by atoms with Crippen LogP contribution in [0, 0.1) is 17.7 Å². The maximum atomic E-state index is 13.2. The first-order chi connectivity index (χ1) is 16.1. The number of piperidine rings is 1. The maximum Gasteiger partial charge on any atom is 0.247 e. The highest BCUT2D eigenvalue weighted by atomic mass is 32.2. The lowest BCUT2D eigenvalue weighted by atomic mass is 9.96. The zero-order chi connectivity index (χ0) is 24.9. The van der Waals surface area contributed by atoms with Crippen LogP contribution in [0.2, 0.25) is 0 Å². The average Bonchev–Trinajstić information content (AvgIpc) is 2.82. The Hall–Kier alpha value is -2.98. The van der Waals surface area contributed by atoms with Crippen LogP contribution in [0.1, 0.15) is 26.7 Å². The highest BCUT2D eigenvalue weighted by molar-refractivity contribution is 7.89. The average molecular weight is 492 g/mol. The molecule has 2 N–H and O–H groups in total. The predicted octanol–water partition coefficient (Wildman–Crippen LogP) is 3.01. The molecule has 1 saturated heterocycles. The molecule has 0 aliphatic carbocycles. The van der Waals surface area contributed by atoms with Crippen LogP contribution in [0.5, 0.6) is 5.75 Å². The van der Waals surface area contributed by atoms with E-state index in [1.165, 1.54) is 23.5 Å². The summed E-state index contributed by atoms with van der Waals surface area (Å²) >= 11 is 0. The number of hydrogen-bond acceptors (Lipinski definition) is 5. The SMILES string of the molecule is COc1cccc(NC(=O)[C@@H](NC(=O)C2CCCN(S(=O)(=O)c3ccc(F)cc3)C2)C(C)C)c1. The van der Waals surface area contributed by atoms with Gasteiger partial charge in [-0.3, -0.25) is 9.59 Å². The van der Waals surface area contributed by atoms with Gasteiger partial charge < -0.3 is 15.4 Å². The first kappa shape index (κ1) is 25.6. The van der Waals surface area contributed by atoms with Gasteiger partial charge >= 0.3 is 0 Å². The Bertz CT molecular complexity index is 1120. The van der Waals surface area contributed by atoms with Gasteiger partial charge in [0.2, 0.25) is 21.8 Å². The minimum atomic E-state index is -3.86. The van der Waals surface area contributed by atoms with Gasteiger partial charge in [0.15, 0.2) is 0 Å². The molecule has 2 aromatic rings. The lowest BCUT2D eigenvalue weighted by molar-refractivity contribution is -0.130. The summed E-state index contributed by atoms with van der Waals surface area (Å²) in [4.78, 5) is 25.9. The number of carbonyl (C=O) groups excluding carboxylic acids is 2. The van der Waals surface area contributed by atoms with E-state index in [1.54, 1.807) is 24.3 Å². The highest BCUT2D eigenvalue weighted by Gasteiger charge is 2.35. The molecule has 2 atom stereocenters. The topological polar surface area (TPSA) is 105 Å². The molecule has 2 amide bonds. The van der Waals surface area contributed by atoms with E-state index >= 15 is 0 Å². The second-order valence-electron chi connectivity index (χ2n) is 8.61. The maximum absolute atomic E-state index is 13.2. The Kier molecular flexibility index (Phi) is 8.27. The molecule has 1 fully saturated rings. The number of carbonyl (C=O) groups is 2. The minimum Gasteiger partial charge on any atom is -0.497 e. The second kappa shape index (κ2) is 11.0. The van der Waals surface area contributed by atoms with Crippen LogP contribution in [-0.4, -0.2) is 50.8 Å². The van der Waals surface area contributed by atoms with Crippen LogP contribution in [0.4, 0.5) is 10.1 Å². The van der Waals surface area contributed by atoms with E-state index < -0.39 is 27.8 Å². The lowest BCUT2D eigenvalue weighted by Gasteiger charge is -2.32. The molecule has 0 saturated carbocycles. The molecule has 184 valence electrons. The highest BCUT2D eigenvalue weighted by Crippen LogP contribution is 2.25. The van der Waals surface area contributed by atoms with Crippen LogP contribution in [0.3, 0.4) is 0 Å². The van der Waals surface area contributed by atoms with E-state index in [2.05, 4.69) is 10.6 Å². The number of nitrogens with one attached hydrogen (secondary N) is 2. The molecule has 10 heteroatoms. The first-order valence-corrected chi connectivity index (χ1v) is 12.6. The van der Waals surface area contributed by atoms with Crippen LogP contribution in [0.15, 0.2) is 53.4 Å². The summed E-state index contributed by atoms with van der Waals surface area (Å²) in [6, 6.07) is 10.7. The van der Waals surface area contributed by atoms with Crippen molar-refractivity contribution >= 4 is 27.5 Å². The van der Waals surface area contributed by atoms with Crippen molar-refractivity contribution in [3.63, 3.8) is 0 Å². The normalized spacial score (nSPS) is 17.7. The van der Waals surface area contributed by atoms with Gasteiger partial charge in [-0.05, 0) is 55.2 Å². The lowest BCUT2D eigenvalue weighted by Crippen LogP contribution is -2.52. The molecule has 0 aromatic heterocycles. The molecule has 8 nitrogen and oxygen atoms in total. The molecular weight excluding hydrogens is 461 g/mol. The Labute approximate surface area is 199 Å². The monoisotopic (exact) mass is 491 g/mol. The molecule has 1 aliphatic heterocycles. The fourth-order valence-corrected chi connectivity index (χ4v) is 5.38. The smallest absolute Gasteiger partial charge is 0.247 e. The molecule has 2 aromatic carbocycles. The molecule has 1 aliphatic rings. The van der Waals surface area contributed by atoms with Gasteiger partial charge in [0.1, 0.15) is 17.6 Å². The van der Waals surface area contributed by atoms with Crippen molar-refractivity contribution < 1.29 is 27.1 Å². The number of halogens is 1. The zero-order valence-electron chi connectivity index (χ0n) is 19.5. The Morgan fingerprint density at radius 3 is 2.50 bits per heavy atom. The van der Waals surface area contributed by atoms with E-state index in [0.717, 1.165) is 12.1 Å². The molecular formula is C24H30FN3O5S. The van der Waals surface area contributed by atoms with E-state index in [9.17, 15) is 22.4 Å². The number of rotatable bonds is 8. The zero-order valence-corrected chi connectivity index (χ0v) is 20.3. The van der Waals surface area contributed by atoms with Crippen molar-refractivity contribution in [2.75, 3.05) is 25.5 Å². The van der Waals surface area contributed by atoms with E-state index in [1.807, 2.05) is 13.8 Å². The van der Waals surface area contributed by atoms with Gasteiger partial charge in [-0.2, -0.15) is 4.31 Å². The summed E-state index contributed by atoms with van der Waals surface area (Å²) in [6.07, 6.45) is 1.00. The number of nitrogens with zero attached hydrogens (tertiary/aromatic N) is 1. The van der Waals surface area contributed by atoms with Crippen LogP contribution in [0.25, 0.3) is 0 Å². The third-order valence-electron chi connectivity index (χ3n) is 5.79. The minimum absolute atomic E-state index is 0.00609. The molecule has 1 heterocycles. The summed E-state index contributed by atoms with van der Waals surface area (Å²) in [7, 11) is -2.33. The first-order valence-electron chi connectivity index (χ1n) is 11.1. The van der Waals surface area contributed by atoms with Crippen molar-refractivity contribution in [1.29, 1.82) is 0 Å². The quantitative estimate of drug-likeness (QED) is 0.591. The van der Waals surface area contributed by atoms with Gasteiger partial charge in [-0.1, -0.05) is 19.9 Å². The Morgan fingerprint density at radius 1 is 1.15 bits per heavy atom. The van der Waals surface area contributed by atoms with Gasteiger partial charge in [0.05, 0.1) is 17.9 Å². The fourth-order valence-electron chi connectivity index (χ4n) is 3.86. The van der Waals surface area contributed by atoms with E-state index in [0.29, 0.717) is 24.3 Å². The van der Waals surface area contributed by atoms with Crippen LogP contribution in [-0.2, 0) is 19.6 Å². The van der Waals surface area contributed by atoms with Gasteiger partial charge in [-0.15, -0.1) is 0 Å². The summed E-state index contributed by atoms with van der Waals surface area (Å²) in [6.45, 7) is 3.91. The fraction of sp³-hybridized carbons (Fsp3) is 0.417. The van der Waals surface area contributed by atoms with E-state index in [4.69, 9.17) is 4.74 Å². The predicted molar refractivity (Wildman–Crippen MR) is 126 cm³/mol. The third kappa shape index (κ3) is 6.12. The standard InChI is InChI=1S/C24H30FN3O5S/c1-16(2)22(24(30)26-19-7-4-8-20(14-19)33-3)27-23(29)17-6-5-13-28(15-17)34(31,32)21-11-9-18(25)10-12-21/h4,7-12,14,16-17,22H,5-6,13,15H2,1-3H3,(H,26,30)(H,27,29)/t17?,22-/m0/s1. The molecule has 3 rings (SSSR count). The van der Waals surface area contributed by atoms with Gasteiger partial charge in [-0.25, -0.2) is 12.8 Å². The number of anilines is 1. The van der Waals surface area contributed by atoms with Crippen LogP contribution < -0.4 is 15.4 Å². The van der Waals surface area contributed by atoms with Crippen molar-refractivity contribution in [1.82, 2.24) is 9.62 Å². The van der Waals surface area contributed by atoms with Crippen LogP contribution >= 0.6 is 0 Å². The molecule has 0 bridgehead atoms. The van der Waals surface area contributed by atoms with Crippen molar-refractivity contribution in [3.8, 4) is 5.75 Å². The number of hydrogen-bond donors (Lipinski definition) is 2. The van der Waals surface area contributed by atoms with Crippen molar-refractivity contribution in [3.05, 3.63) is 54.3 Å². The van der Waals surface area contributed by atoms with Crippen molar-refractivity contribution in [2.45, 2.75) is 37.6 Å². The van der Waals surface area contributed by atoms with Crippen molar-refractivity contribution in [2.24, 2.45) is 11.8 Å². The summed E-state index contributed by atoms with van der Waals surface area (Å²) in [5.41, 5.74) is 0.540. The summed E-state index contributed by atoms with van der Waals surface area (Å²) in [5, 5.41) is 5.60. The number of methoxy groups -OCH3 is 1. The molecule has 34 heavy (non-hydrogen) atoms. The number of amides is 2. The summed E-state index contributed by atoms with van der Waals surface area (Å²) in [5.74, 6) is -1.48. The molecule has 0 spiro atoms. The number of sulfonamides is 1. The van der Waals surface area contributed by atoms with Gasteiger partial charge in [0.25, 0.3) is 0 Å². The largest absolute Gasteiger partial charge is 0.497 e. The third-order valence-corrected chi connectivity index (χ3v) is 7.67. The second-order valence-corrected chi connectivity index (χ2v) is 10.5. The number of ether oxygens (including phenoxy) is 1. The van der Waals surface area contributed by atoms with E-state index in [-0.39, 0.29) is 35.7 Å². The number of benzene rings is 2. The molecule has 1 unspecified atom stereocenters. The van der Waals surface area contributed by atoms with Gasteiger partial charge in [0, 0.05) is 24.8 Å².